The van der Waals surface area contributed by atoms with E-state index in [2.05, 4.69) is 4.90 Å². The van der Waals surface area contributed by atoms with Gasteiger partial charge in [0.25, 0.3) is 11.7 Å². The lowest BCUT2D eigenvalue weighted by atomic mass is 9.95. The van der Waals surface area contributed by atoms with E-state index in [9.17, 15) is 23.1 Å². The molecule has 208 valence electrons. The third kappa shape index (κ3) is 5.65. The molecular formula is C29H35N3O6S. The lowest BCUT2D eigenvalue weighted by Crippen LogP contribution is -2.42. The number of piperidine rings is 1. The molecule has 39 heavy (non-hydrogen) atoms. The topological polar surface area (TPSA) is 107 Å². The Hall–Kier alpha value is -3.05. The molecule has 1 N–H and O–H groups in total. The van der Waals surface area contributed by atoms with Crippen molar-refractivity contribution >= 4 is 27.5 Å². The molecule has 10 heteroatoms. The quantitative estimate of drug-likeness (QED) is 0.319. The molecule has 0 radical (unpaired) electrons. The predicted molar refractivity (Wildman–Crippen MR) is 146 cm³/mol. The van der Waals surface area contributed by atoms with Crippen molar-refractivity contribution < 1.29 is 27.9 Å². The van der Waals surface area contributed by atoms with E-state index in [1.807, 2.05) is 31.2 Å². The highest BCUT2D eigenvalue weighted by Gasteiger charge is 2.46. The Balaban J connectivity index is 1.52. The number of likely N-dealkylation sites (tertiary alicyclic amines) is 1. The molecule has 3 aliphatic heterocycles. The fraction of sp³-hybridized carbons (Fsp3) is 0.448. The Morgan fingerprint density at radius 3 is 2.33 bits per heavy atom. The van der Waals surface area contributed by atoms with E-state index in [0.29, 0.717) is 45.0 Å². The second kappa shape index (κ2) is 11.6. The number of Topliss-reactive ketones (excluding diaryl/α,β-unsaturated/α-hetero) is 1. The highest BCUT2D eigenvalue weighted by Crippen LogP contribution is 2.39. The minimum Gasteiger partial charge on any atom is -0.507 e. The van der Waals surface area contributed by atoms with E-state index < -0.39 is 27.8 Å². The molecule has 0 bridgehead atoms. The molecule has 3 aliphatic rings. The lowest BCUT2D eigenvalue weighted by Gasteiger charge is -2.31. The summed E-state index contributed by atoms with van der Waals surface area (Å²) in [6.45, 7) is 6.49. The molecule has 9 nitrogen and oxygen atoms in total. The van der Waals surface area contributed by atoms with Crippen LogP contribution in [0.25, 0.3) is 5.76 Å². The smallest absolute Gasteiger partial charge is 0.295 e. The van der Waals surface area contributed by atoms with Crippen LogP contribution in [0.15, 0.2) is 59.0 Å². The number of rotatable bonds is 7. The van der Waals surface area contributed by atoms with E-state index in [1.165, 1.54) is 21.3 Å². The zero-order valence-electron chi connectivity index (χ0n) is 22.2. The van der Waals surface area contributed by atoms with Gasteiger partial charge in [0.15, 0.2) is 0 Å². The van der Waals surface area contributed by atoms with Gasteiger partial charge in [0.1, 0.15) is 5.76 Å². The van der Waals surface area contributed by atoms with Crippen molar-refractivity contribution in [1.82, 2.24) is 14.1 Å². The molecule has 3 heterocycles. The van der Waals surface area contributed by atoms with Crippen molar-refractivity contribution in [2.24, 2.45) is 0 Å². The monoisotopic (exact) mass is 553 g/mol. The van der Waals surface area contributed by atoms with Gasteiger partial charge < -0.3 is 14.7 Å². The summed E-state index contributed by atoms with van der Waals surface area (Å²) in [6.07, 6.45) is 2.62. The number of carbonyl (C=O) groups excluding carboxylic acids is 2. The summed E-state index contributed by atoms with van der Waals surface area (Å²) in [7, 11) is -3.75. The zero-order valence-corrected chi connectivity index (χ0v) is 23.0. The van der Waals surface area contributed by atoms with Gasteiger partial charge in [0.2, 0.25) is 10.0 Å². The van der Waals surface area contributed by atoms with E-state index in [0.717, 1.165) is 37.9 Å². The number of aliphatic hydroxyl groups excluding tert-OH is 1. The first kappa shape index (κ1) is 27.5. The van der Waals surface area contributed by atoms with Gasteiger partial charge >= 0.3 is 0 Å². The summed E-state index contributed by atoms with van der Waals surface area (Å²) in [5, 5.41) is 11.5. The predicted octanol–water partition coefficient (Wildman–Crippen LogP) is 2.92. The second-order valence-corrected chi connectivity index (χ2v) is 12.3. The van der Waals surface area contributed by atoms with Crippen molar-refractivity contribution in [3.8, 4) is 0 Å². The SMILES string of the molecule is Cc1ccc(C2/C(=C(/O)c3cccc(S(=O)(=O)N4CCCCC4)c3)C(=O)C(=O)N2CCN2CCOCC2)cc1. The molecule has 0 aliphatic carbocycles. The highest BCUT2D eigenvalue weighted by atomic mass is 32.2. The molecule has 1 amide bonds. The molecule has 1 atom stereocenters. The van der Waals surface area contributed by atoms with Gasteiger partial charge in [-0.1, -0.05) is 48.4 Å². The van der Waals surface area contributed by atoms with Crippen LogP contribution in [0.5, 0.6) is 0 Å². The highest BCUT2D eigenvalue weighted by molar-refractivity contribution is 7.89. The molecule has 2 aromatic carbocycles. The van der Waals surface area contributed by atoms with Crippen LogP contribution in [0, 0.1) is 6.92 Å². The number of hydrogen-bond donors (Lipinski definition) is 1. The number of ketones is 1. The standard InChI is InChI=1S/C29H35N3O6S/c1-21-8-10-22(11-9-21)26-25(28(34)29(35)32(26)15-14-30-16-18-38-19-17-30)27(33)23-6-5-7-24(20-23)39(36,37)31-12-3-2-4-13-31/h5-11,20,26,33H,2-4,12-19H2,1H3/b27-25-. The van der Waals surface area contributed by atoms with Crippen molar-refractivity contribution in [1.29, 1.82) is 0 Å². The van der Waals surface area contributed by atoms with Crippen molar-refractivity contribution in [2.75, 3.05) is 52.5 Å². The van der Waals surface area contributed by atoms with Crippen LogP contribution in [0.2, 0.25) is 0 Å². The Morgan fingerprint density at radius 2 is 1.64 bits per heavy atom. The first-order valence-electron chi connectivity index (χ1n) is 13.5. The molecule has 3 saturated heterocycles. The maximum atomic E-state index is 13.4. The van der Waals surface area contributed by atoms with Gasteiger partial charge in [-0.15, -0.1) is 0 Å². The number of amides is 1. The van der Waals surface area contributed by atoms with Gasteiger partial charge in [-0.05, 0) is 37.5 Å². The molecule has 0 spiro atoms. The average molecular weight is 554 g/mol. The first-order chi connectivity index (χ1) is 18.8. The summed E-state index contributed by atoms with van der Waals surface area (Å²) in [4.78, 5) is 30.4. The summed E-state index contributed by atoms with van der Waals surface area (Å²) >= 11 is 0. The van der Waals surface area contributed by atoms with Gasteiger partial charge in [-0.2, -0.15) is 4.31 Å². The van der Waals surface area contributed by atoms with E-state index in [1.54, 1.807) is 12.1 Å². The van der Waals surface area contributed by atoms with Crippen LogP contribution < -0.4 is 0 Å². The fourth-order valence-corrected chi connectivity index (χ4v) is 7.06. The fourth-order valence-electron chi connectivity index (χ4n) is 5.49. The number of sulfonamides is 1. The summed E-state index contributed by atoms with van der Waals surface area (Å²) in [6, 6.07) is 12.8. The number of aliphatic hydroxyl groups is 1. The molecule has 3 fully saturated rings. The molecule has 1 unspecified atom stereocenters. The maximum absolute atomic E-state index is 13.4. The molecule has 0 saturated carbocycles. The maximum Gasteiger partial charge on any atom is 0.295 e. The van der Waals surface area contributed by atoms with Crippen LogP contribution in [0.1, 0.15) is 42.0 Å². The Labute approximate surface area is 229 Å². The van der Waals surface area contributed by atoms with Crippen LogP contribution >= 0.6 is 0 Å². The second-order valence-electron chi connectivity index (χ2n) is 10.3. The van der Waals surface area contributed by atoms with E-state index in [-0.39, 0.29) is 21.8 Å². The van der Waals surface area contributed by atoms with Crippen LogP contribution in [-0.2, 0) is 24.3 Å². The molecule has 5 rings (SSSR count). The first-order valence-corrected chi connectivity index (χ1v) is 15.0. The molecule has 2 aromatic rings. The number of ether oxygens (including phenoxy) is 1. The number of carbonyl (C=O) groups is 2. The van der Waals surface area contributed by atoms with Crippen LogP contribution in [0.3, 0.4) is 0 Å². The Kier molecular flexibility index (Phi) is 8.18. The average Bonchev–Trinajstić information content (AvgIpc) is 3.22. The lowest BCUT2D eigenvalue weighted by molar-refractivity contribution is -0.140. The largest absolute Gasteiger partial charge is 0.507 e. The van der Waals surface area contributed by atoms with E-state index in [4.69, 9.17) is 4.74 Å². The van der Waals surface area contributed by atoms with Gasteiger partial charge in [-0.25, -0.2) is 8.42 Å². The molecule has 0 aromatic heterocycles. The van der Waals surface area contributed by atoms with Gasteiger partial charge in [0, 0.05) is 44.8 Å². The third-order valence-electron chi connectivity index (χ3n) is 7.75. The Morgan fingerprint density at radius 1 is 0.949 bits per heavy atom. The number of morpholine rings is 1. The number of hydrogen-bond acceptors (Lipinski definition) is 7. The van der Waals surface area contributed by atoms with Crippen molar-refractivity contribution in [3.05, 3.63) is 70.8 Å². The van der Waals surface area contributed by atoms with Crippen molar-refractivity contribution in [3.63, 3.8) is 0 Å². The summed E-state index contributed by atoms with van der Waals surface area (Å²) in [5.74, 6) is -1.82. The van der Waals surface area contributed by atoms with Crippen LogP contribution in [-0.4, -0.2) is 91.8 Å². The van der Waals surface area contributed by atoms with Crippen molar-refractivity contribution in [2.45, 2.75) is 37.1 Å². The number of aryl methyl sites for hydroxylation is 1. The minimum atomic E-state index is -3.75. The number of benzene rings is 2. The number of nitrogens with zero attached hydrogens (tertiary/aromatic N) is 3. The minimum absolute atomic E-state index is 0.0293. The van der Waals surface area contributed by atoms with E-state index >= 15 is 0 Å². The summed E-state index contributed by atoms with van der Waals surface area (Å²) in [5.41, 5.74) is 1.90. The van der Waals surface area contributed by atoms with Gasteiger partial charge in [0.05, 0.1) is 29.7 Å². The Bertz CT molecular complexity index is 1360. The zero-order chi connectivity index (χ0) is 27.6. The molecular weight excluding hydrogens is 518 g/mol. The normalized spacial score (nSPS) is 22.9. The summed E-state index contributed by atoms with van der Waals surface area (Å²) < 4.78 is 33.5. The third-order valence-corrected chi connectivity index (χ3v) is 9.65. The van der Waals surface area contributed by atoms with Gasteiger partial charge in [-0.3, -0.25) is 14.5 Å². The van der Waals surface area contributed by atoms with Crippen LogP contribution in [0.4, 0.5) is 0 Å².